The highest BCUT2D eigenvalue weighted by molar-refractivity contribution is 5.76. The van der Waals surface area contributed by atoms with Crippen molar-refractivity contribution in [3.8, 4) is 0 Å². The normalized spacial score (nSPS) is 17.5. The number of rotatable bonds is 4. The van der Waals surface area contributed by atoms with Crippen LogP contribution in [0.4, 0.5) is 4.79 Å². The number of nitrogens with zero attached hydrogens (tertiary/aromatic N) is 1. The van der Waals surface area contributed by atoms with Crippen molar-refractivity contribution in [1.29, 1.82) is 0 Å². The van der Waals surface area contributed by atoms with Gasteiger partial charge in [0.15, 0.2) is 0 Å². The lowest BCUT2D eigenvalue weighted by Crippen LogP contribution is -2.45. The van der Waals surface area contributed by atoms with Crippen molar-refractivity contribution in [3.05, 3.63) is 71.8 Å². The summed E-state index contributed by atoms with van der Waals surface area (Å²) in [6.07, 6.45) is 1.81. The highest BCUT2D eigenvalue weighted by Crippen LogP contribution is 2.23. The minimum atomic E-state index is -0.190. The maximum Gasteiger partial charge on any atom is 0.318 e. The van der Waals surface area contributed by atoms with Crippen LogP contribution in [-0.4, -0.2) is 35.2 Å². The Morgan fingerprint density at radius 3 is 2.17 bits per heavy atom. The van der Waals surface area contributed by atoms with Gasteiger partial charge in [-0.25, -0.2) is 4.79 Å². The van der Waals surface area contributed by atoms with Crippen molar-refractivity contribution in [2.24, 2.45) is 0 Å². The van der Waals surface area contributed by atoms with E-state index in [1.807, 2.05) is 60.7 Å². The summed E-state index contributed by atoms with van der Waals surface area (Å²) in [6, 6.07) is 19.5. The van der Waals surface area contributed by atoms with E-state index in [0.717, 1.165) is 24.0 Å². The quantitative estimate of drug-likeness (QED) is 0.912. The lowest BCUT2D eigenvalue weighted by molar-refractivity contribution is 0.155. The molecule has 0 saturated carbocycles. The van der Waals surface area contributed by atoms with Crippen molar-refractivity contribution in [2.45, 2.75) is 24.9 Å². The molecule has 23 heavy (non-hydrogen) atoms. The third kappa shape index (κ3) is 3.54. The van der Waals surface area contributed by atoms with E-state index in [1.54, 1.807) is 4.90 Å². The molecule has 1 aliphatic heterocycles. The number of carbonyl (C=O) groups excluding carboxylic acids is 1. The van der Waals surface area contributed by atoms with Gasteiger partial charge in [0.05, 0.1) is 18.7 Å². The van der Waals surface area contributed by atoms with E-state index in [4.69, 9.17) is 0 Å². The molecule has 3 rings (SSSR count). The molecular weight excluding hydrogens is 288 g/mol. The average Bonchev–Trinajstić information content (AvgIpc) is 3.10. The Labute approximate surface area is 136 Å². The lowest BCUT2D eigenvalue weighted by atomic mass is 9.99. The monoisotopic (exact) mass is 310 g/mol. The van der Waals surface area contributed by atoms with Gasteiger partial charge in [0.2, 0.25) is 0 Å². The molecule has 0 aromatic heterocycles. The van der Waals surface area contributed by atoms with Gasteiger partial charge in [0, 0.05) is 6.54 Å². The molecular formula is C19H22N2O2. The highest BCUT2D eigenvalue weighted by atomic mass is 16.3. The second-order valence-corrected chi connectivity index (χ2v) is 5.88. The fourth-order valence-corrected chi connectivity index (χ4v) is 3.15. The van der Waals surface area contributed by atoms with E-state index in [9.17, 15) is 9.90 Å². The van der Waals surface area contributed by atoms with Crippen LogP contribution in [0.5, 0.6) is 0 Å². The fourth-order valence-electron chi connectivity index (χ4n) is 3.15. The standard InChI is InChI=1S/C19H22N2O2/c22-14-17-12-7-13-21(17)19(23)20-18(15-8-3-1-4-9-15)16-10-5-2-6-11-16/h1-6,8-11,17-18,22H,7,12-14H2,(H,20,23). The Balaban J connectivity index is 1.83. The summed E-state index contributed by atoms with van der Waals surface area (Å²) in [5.41, 5.74) is 2.10. The van der Waals surface area contributed by atoms with Crippen LogP contribution in [0.15, 0.2) is 60.7 Å². The van der Waals surface area contributed by atoms with Gasteiger partial charge in [-0.2, -0.15) is 0 Å². The number of carbonyl (C=O) groups is 1. The van der Waals surface area contributed by atoms with Gasteiger partial charge in [0.25, 0.3) is 0 Å². The van der Waals surface area contributed by atoms with E-state index in [1.165, 1.54) is 0 Å². The number of nitrogens with one attached hydrogen (secondary N) is 1. The number of aliphatic hydroxyl groups is 1. The Morgan fingerprint density at radius 2 is 1.65 bits per heavy atom. The third-order valence-corrected chi connectivity index (χ3v) is 4.38. The van der Waals surface area contributed by atoms with Gasteiger partial charge < -0.3 is 15.3 Å². The molecule has 0 bridgehead atoms. The van der Waals surface area contributed by atoms with Crippen molar-refractivity contribution in [3.63, 3.8) is 0 Å². The summed E-state index contributed by atoms with van der Waals surface area (Å²) in [5.74, 6) is 0. The number of aliphatic hydroxyl groups excluding tert-OH is 1. The lowest BCUT2D eigenvalue weighted by Gasteiger charge is -2.27. The molecule has 4 heteroatoms. The van der Waals surface area contributed by atoms with Gasteiger partial charge in [0.1, 0.15) is 0 Å². The van der Waals surface area contributed by atoms with Crippen molar-refractivity contribution < 1.29 is 9.90 Å². The zero-order chi connectivity index (χ0) is 16.1. The van der Waals surface area contributed by atoms with Crippen molar-refractivity contribution in [2.75, 3.05) is 13.2 Å². The summed E-state index contributed by atoms with van der Waals surface area (Å²) in [7, 11) is 0. The Hall–Kier alpha value is -2.33. The van der Waals surface area contributed by atoms with Gasteiger partial charge in [-0.3, -0.25) is 0 Å². The largest absolute Gasteiger partial charge is 0.394 e. The number of likely N-dealkylation sites (tertiary alicyclic amines) is 1. The number of urea groups is 1. The summed E-state index contributed by atoms with van der Waals surface area (Å²) in [6.45, 7) is 0.724. The minimum Gasteiger partial charge on any atom is -0.394 e. The Morgan fingerprint density at radius 1 is 1.09 bits per heavy atom. The molecule has 120 valence electrons. The van der Waals surface area contributed by atoms with Crippen LogP contribution in [0, 0.1) is 0 Å². The van der Waals surface area contributed by atoms with Crippen LogP contribution in [-0.2, 0) is 0 Å². The zero-order valence-corrected chi connectivity index (χ0v) is 13.1. The van der Waals surface area contributed by atoms with Crippen LogP contribution < -0.4 is 5.32 Å². The first-order valence-electron chi connectivity index (χ1n) is 8.07. The van der Waals surface area contributed by atoms with Crippen LogP contribution in [0.1, 0.15) is 30.0 Å². The van der Waals surface area contributed by atoms with E-state index in [2.05, 4.69) is 5.32 Å². The van der Waals surface area contributed by atoms with Gasteiger partial charge in [-0.15, -0.1) is 0 Å². The molecule has 0 spiro atoms. The molecule has 1 unspecified atom stereocenters. The fraction of sp³-hybridized carbons (Fsp3) is 0.316. The maximum atomic E-state index is 12.7. The Bertz CT molecular complexity index is 591. The molecule has 2 amide bonds. The molecule has 0 aliphatic carbocycles. The molecule has 1 saturated heterocycles. The van der Waals surface area contributed by atoms with E-state index in [0.29, 0.717) is 6.54 Å². The second kappa shape index (κ2) is 7.29. The molecule has 1 atom stereocenters. The van der Waals surface area contributed by atoms with Gasteiger partial charge in [-0.1, -0.05) is 60.7 Å². The molecule has 1 fully saturated rings. The SMILES string of the molecule is O=C(NC(c1ccccc1)c1ccccc1)N1CCCC1CO. The predicted octanol–water partition coefficient (Wildman–Crippen LogP) is 2.94. The number of benzene rings is 2. The van der Waals surface area contributed by atoms with Crippen molar-refractivity contribution >= 4 is 6.03 Å². The van der Waals surface area contributed by atoms with E-state index >= 15 is 0 Å². The van der Waals surface area contributed by atoms with Gasteiger partial charge >= 0.3 is 6.03 Å². The molecule has 2 N–H and O–H groups in total. The van der Waals surface area contributed by atoms with E-state index in [-0.39, 0.29) is 24.7 Å². The number of amides is 2. The average molecular weight is 310 g/mol. The first-order chi connectivity index (χ1) is 11.3. The van der Waals surface area contributed by atoms with Gasteiger partial charge in [-0.05, 0) is 24.0 Å². The predicted molar refractivity (Wildman–Crippen MR) is 90.1 cm³/mol. The van der Waals surface area contributed by atoms with Crippen LogP contribution >= 0.6 is 0 Å². The minimum absolute atomic E-state index is 0.0226. The Kier molecular flexibility index (Phi) is 4.93. The third-order valence-electron chi connectivity index (χ3n) is 4.38. The summed E-state index contributed by atoms with van der Waals surface area (Å²) in [5, 5.41) is 12.6. The molecule has 1 aliphatic rings. The molecule has 2 aromatic carbocycles. The van der Waals surface area contributed by atoms with Crippen molar-refractivity contribution in [1.82, 2.24) is 10.2 Å². The van der Waals surface area contributed by atoms with E-state index < -0.39 is 0 Å². The first-order valence-corrected chi connectivity index (χ1v) is 8.07. The molecule has 1 heterocycles. The smallest absolute Gasteiger partial charge is 0.318 e. The van der Waals surface area contributed by atoms with Crippen LogP contribution in [0.2, 0.25) is 0 Å². The zero-order valence-electron chi connectivity index (χ0n) is 13.1. The second-order valence-electron chi connectivity index (χ2n) is 5.88. The summed E-state index contributed by atoms with van der Waals surface area (Å²) >= 11 is 0. The number of hydrogen-bond donors (Lipinski definition) is 2. The highest BCUT2D eigenvalue weighted by Gasteiger charge is 2.29. The first kappa shape index (κ1) is 15.6. The van der Waals surface area contributed by atoms with Crippen LogP contribution in [0.25, 0.3) is 0 Å². The topological polar surface area (TPSA) is 52.6 Å². The molecule has 2 aromatic rings. The maximum absolute atomic E-state index is 12.7. The molecule has 0 radical (unpaired) electrons. The summed E-state index contributed by atoms with van der Waals surface area (Å²) in [4.78, 5) is 14.4. The van der Waals surface area contributed by atoms with Crippen LogP contribution in [0.3, 0.4) is 0 Å². The molecule has 4 nitrogen and oxygen atoms in total. The summed E-state index contributed by atoms with van der Waals surface area (Å²) < 4.78 is 0. The number of hydrogen-bond acceptors (Lipinski definition) is 2.